The van der Waals surface area contributed by atoms with Crippen LogP contribution in [0.3, 0.4) is 0 Å². The van der Waals surface area contributed by atoms with Crippen LogP contribution in [0.1, 0.15) is 6.92 Å². The first-order chi connectivity index (χ1) is 9.28. The molecule has 0 aliphatic carbocycles. The molecule has 0 radical (unpaired) electrons. The van der Waals surface area contributed by atoms with E-state index in [9.17, 15) is 0 Å². The Morgan fingerprint density at radius 2 is 1.89 bits per heavy atom. The summed E-state index contributed by atoms with van der Waals surface area (Å²) in [6.07, 6.45) is 0.139. The van der Waals surface area contributed by atoms with E-state index >= 15 is 0 Å². The molecule has 0 aliphatic heterocycles. The van der Waals surface area contributed by atoms with Crippen LogP contribution in [0.15, 0.2) is 46.9 Å². The van der Waals surface area contributed by atoms with Crippen LogP contribution in [0, 0.1) is 0 Å². The Labute approximate surface area is 112 Å². The average molecular weight is 255 g/mol. The Morgan fingerprint density at radius 3 is 2.74 bits per heavy atom. The third-order valence-electron chi connectivity index (χ3n) is 3.18. The van der Waals surface area contributed by atoms with Gasteiger partial charge in [-0.2, -0.15) is 0 Å². The number of ether oxygens (including phenoxy) is 1. The van der Waals surface area contributed by atoms with Crippen LogP contribution in [0.2, 0.25) is 0 Å². The van der Waals surface area contributed by atoms with Crippen LogP contribution >= 0.6 is 0 Å². The van der Waals surface area contributed by atoms with E-state index in [1.165, 1.54) is 0 Å². The molecule has 3 heteroatoms. The molecule has 1 aromatic heterocycles. The first-order valence-electron chi connectivity index (χ1n) is 6.50. The van der Waals surface area contributed by atoms with Crippen LogP contribution in [0.4, 0.5) is 0 Å². The molecule has 0 amide bonds. The van der Waals surface area contributed by atoms with Crippen molar-refractivity contribution in [3.63, 3.8) is 0 Å². The highest BCUT2D eigenvalue weighted by Gasteiger charge is 2.08. The Morgan fingerprint density at radius 1 is 1.11 bits per heavy atom. The van der Waals surface area contributed by atoms with E-state index in [1.807, 2.05) is 50.4 Å². The molecule has 0 aliphatic rings. The van der Waals surface area contributed by atoms with Crippen LogP contribution in [0.5, 0.6) is 5.75 Å². The topological polar surface area (TPSA) is 34.4 Å². The minimum atomic E-state index is 0.139. The summed E-state index contributed by atoms with van der Waals surface area (Å²) in [5.74, 6) is 0.877. The normalized spacial score (nSPS) is 12.9. The Hall–Kier alpha value is -2.00. The third-order valence-corrected chi connectivity index (χ3v) is 3.18. The summed E-state index contributed by atoms with van der Waals surface area (Å²) in [7, 11) is 1.92. The number of fused-ring (bicyclic) bond motifs is 3. The number of furan rings is 1. The van der Waals surface area contributed by atoms with Crippen molar-refractivity contribution in [3.05, 3.63) is 42.5 Å². The molecule has 19 heavy (non-hydrogen) atoms. The summed E-state index contributed by atoms with van der Waals surface area (Å²) in [6, 6.07) is 14.0. The van der Waals surface area contributed by atoms with E-state index in [-0.39, 0.29) is 6.10 Å². The van der Waals surface area contributed by atoms with Gasteiger partial charge in [-0.15, -0.1) is 0 Å². The van der Waals surface area contributed by atoms with Crippen molar-refractivity contribution in [3.8, 4) is 5.75 Å². The molecule has 2 aromatic carbocycles. The molecule has 3 nitrogen and oxygen atoms in total. The van der Waals surface area contributed by atoms with Crippen LogP contribution in [0.25, 0.3) is 21.9 Å². The molecule has 98 valence electrons. The van der Waals surface area contributed by atoms with E-state index in [2.05, 4.69) is 11.4 Å². The van der Waals surface area contributed by atoms with Crippen molar-refractivity contribution in [2.45, 2.75) is 13.0 Å². The van der Waals surface area contributed by atoms with Gasteiger partial charge in [0.25, 0.3) is 0 Å². The molecule has 0 bridgehead atoms. The molecule has 0 spiro atoms. The lowest BCUT2D eigenvalue weighted by Crippen LogP contribution is -2.25. The molecule has 1 heterocycles. The minimum Gasteiger partial charge on any atom is -0.489 e. The van der Waals surface area contributed by atoms with Crippen LogP contribution in [-0.4, -0.2) is 19.7 Å². The van der Waals surface area contributed by atoms with Gasteiger partial charge in [0.05, 0.1) is 0 Å². The fourth-order valence-electron chi connectivity index (χ4n) is 2.34. The molecule has 0 fully saturated rings. The molecule has 1 N–H and O–H groups in total. The van der Waals surface area contributed by atoms with Crippen molar-refractivity contribution < 1.29 is 9.15 Å². The third kappa shape index (κ3) is 2.29. The highest BCUT2D eigenvalue weighted by Crippen LogP contribution is 2.31. The zero-order valence-corrected chi connectivity index (χ0v) is 11.1. The Kier molecular flexibility index (Phi) is 3.13. The van der Waals surface area contributed by atoms with Gasteiger partial charge in [0.1, 0.15) is 23.0 Å². The first kappa shape index (κ1) is 12.1. The van der Waals surface area contributed by atoms with E-state index in [1.54, 1.807) is 0 Å². The maximum Gasteiger partial charge on any atom is 0.135 e. The first-order valence-corrected chi connectivity index (χ1v) is 6.50. The van der Waals surface area contributed by atoms with Gasteiger partial charge in [-0.25, -0.2) is 0 Å². The zero-order chi connectivity index (χ0) is 13.2. The summed E-state index contributed by atoms with van der Waals surface area (Å²) >= 11 is 0. The number of hydrogen-bond donors (Lipinski definition) is 1. The van der Waals surface area contributed by atoms with Crippen molar-refractivity contribution in [1.82, 2.24) is 5.32 Å². The summed E-state index contributed by atoms with van der Waals surface area (Å²) in [6.45, 7) is 2.87. The lowest BCUT2D eigenvalue weighted by molar-refractivity contribution is 0.221. The summed E-state index contributed by atoms with van der Waals surface area (Å²) in [4.78, 5) is 0. The van der Waals surface area contributed by atoms with Crippen molar-refractivity contribution in [2.24, 2.45) is 0 Å². The average Bonchev–Trinajstić information content (AvgIpc) is 2.77. The molecular formula is C16H17NO2. The fourth-order valence-corrected chi connectivity index (χ4v) is 2.34. The molecule has 1 atom stereocenters. The molecule has 1 unspecified atom stereocenters. The van der Waals surface area contributed by atoms with Crippen molar-refractivity contribution in [2.75, 3.05) is 13.6 Å². The van der Waals surface area contributed by atoms with Gasteiger partial charge in [0.15, 0.2) is 0 Å². The fraction of sp³-hybridized carbons (Fsp3) is 0.250. The lowest BCUT2D eigenvalue weighted by atomic mass is 10.1. The van der Waals surface area contributed by atoms with Crippen LogP contribution in [-0.2, 0) is 0 Å². The number of likely N-dealkylation sites (N-methyl/N-ethyl adjacent to an activating group) is 1. The number of benzene rings is 2. The maximum atomic E-state index is 5.88. The zero-order valence-electron chi connectivity index (χ0n) is 11.1. The number of para-hydroxylation sites is 1. The quantitative estimate of drug-likeness (QED) is 0.774. The van der Waals surface area contributed by atoms with Gasteiger partial charge in [-0.1, -0.05) is 18.2 Å². The smallest absolute Gasteiger partial charge is 0.135 e. The minimum absolute atomic E-state index is 0.139. The second-order valence-corrected chi connectivity index (χ2v) is 4.74. The largest absolute Gasteiger partial charge is 0.489 e. The van der Waals surface area contributed by atoms with Gasteiger partial charge in [-0.3, -0.25) is 0 Å². The standard InChI is InChI=1S/C16H17NO2/c1-11(10-17-2)18-12-7-8-16-14(9-12)13-5-3-4-6-15(13)19-16/h3-9,11,17H,10H2,1-2H3. The SMILES string of the molecule is CNCC(C)Oc1ccc2oc3ccccc3c2c1. The Balaban J connectivity index is 2.02. The molecule has 3 aromatic rings. The molecule has 0 saturated heterocycles. The van der Waals surface area contributed by atoms with E-state index in [0.717, 1.165) is 34.2 Å². The van der Waals surface area contributed by atoms with E-state index in [4.69, 9.17) is 9.15 Å². The monoisotopic (exact) mass is 255 g/mol. The van der Waals surface area contributed by atoms with E-state index in [0.29, 0.717) is 0 Å². The van der Waals surface area contributed by atoms with Crippen LogP contribution < -0.4 is 10.1 Å². The molecule has 3 rings (SSSR count). The second kappa shape index (κ2) is 4.94. The predicted molar refractivity (Wildman–Crippen MR) is 77.7 cm³/mol. The van der Waals surface area contributed by atoms with E-state index < -0.39 is 0 Å². The summed E-state index contributed by atoms with van der Waals surface area (Å²) in [5.41, 5.74) is 1.81. The number of hydrogen-bond acceptors (Lipinski definition) is 3. The summed E-state index contributed by atoms with van der Waals surface area (Å²) in [5, 5.41) is 5.34. The predicted octanol–water partition coefficient (Wildman–Crippen LogP) is 3.57. The lowest BCUT2D eigenvalue weighted by Gasteiger charge is -2.13. The van der Waals surface area contributed by atoms with Gasteiger partial charge in [-0.05, 0) is 38.2 Å². The van der Waals surface area contributed by atoms with Gasteiger partial charge < -0.3 is 14.5 Å². The highest BCUT2D eigenvalue weighted by atomic mass is 16.5. The van der Waals surface area contributed by atoms with Crippen molar-refractivity contribution in [1.29, 1.82) is 0 Å². The van der Waals surface area contributed by atoms with Crippen molar-refractivity contribution >= 4 is 21.9 Å². The summed E-state index contributed by atoms with van der Waals surface area (Å²) < 4.78 is 11.7. The Bertz CT molecular complexity index is 702. The maximum absolute atomic E-state index is 5.88. The second-order valence-electron chi connectivity index (χ2n) is 4.74. The molecular weight excluding hydrogens is 238 g/mol. The van der Waals surface area contributed by atoms with Gasteiger partial charge in [0, 0.05) is 17.3 Å². The number of rotatable bonds is 4. The highest BCUT2D eigenvalue weighted by molar-refractivity contribution is 6.05. The van der Waals surface area contributed by atoms with Gasteiger partial charge in [0.2, 0.25) is 0 Å². The number of nitrogens with one attached hydrogen (secondary N) is 1. The van der Waals surface area contributed by atoms with Gasteiger partial charge >= 0.3 is 0 Å². The molecule has 0 saturated carbocycles.